The van der Waals surface area contributed by atoms with E-state index in [2.05, 4.69) is 5.32 Å². The number of rotatable bonds is 8. The highest BCUT2D eigenvalue weighted by molar-refractivity contribution is 6.36. The maximum Gasteiger partial charge on any atom is 0.278 e. The van der Waals surface area contributed by atoms with Gasteiger partial charge in [0.2, 0.25) is 0 Å². The van der Waals surface area contributed by atoms with Crippen LogP contribution in [0, 0.1) is 11.6 Å². The third kappa shape index (κ3) is 4.92. The van der Waals surface area contributed by atoms with Crippen molar-refractivity contribution in [2.75, 3.05) is 18.5 Å². The summed E-state index contributed by atoms with van der Waals surface area (Å²) >= 11 is 0. The van der Waals surface area contributed by atoms with E-state index in [0.29, 0.717) is 30.0 Å². The van der Waals surface area contributed by atoms with Crippen molar-refractivity contribution in [2.24, 2.45) is 0 Å². The topological polar surface area (TPSA) is 58.6 Å². The molecule has 1 heterocycles. The summed E-state index contributed by atoms with van der Waals surface area (Å²) in [5.74, 6) is -1.05. The summed E-state index contributed by atoms with van der Waals surface area (Å²) in [6, 6.07) is 18.4. The number of nitrogens with zero attached hydrogens (tertiary/aromatic N) is 1. The van der Waals surface area contributed by atoms with Crippen LogP contribution >= 0.6 is 0 Å². The molecule has 0 saturated carbocycles. The molecule has 1 aliphatic rings. The molecule has 0 fully saturated rings. The quantitative estimate of drug-likeness (QED) is 0.503. The number of amides is 2. The normalized spacial score (nSPS) is 13.6. The van der Waals surface area contributed by atoms with Crippen molar-refractivity contribution < 1.29 is 23.1 Å². The van der Waals surface area contributed by atoms with E-state index >= 15 is 0 Å². The molecular weight excluding hydrogens is 426 g/mol. The number of carbonyl (C=O) groups is 2. The second-order valence-corrected chi connectivity index (χ2v) is 7.48. The van der Waals surface area contributed by atoms with Crippen LogP contribution in [0.3, 0.4) is 0 Å². The van der Waals surface area contributed by atoms with E-state index in [-0.39, 0.29) is 23.6 Å². The Labute approximate surface area is 190 Å². The average molecular weight is 448 g/mol. The minimum Gasteiger partial charge on any atom is -0.494 e. The Hall–Kier alpha value is -4.00. The van der Waals surface area contributed by atoms with Crippen molar-refractivity contribution in [2.45, 2.75) is 13.3 Å². The van der Waals surface area contributed by atoms with Gasteiger partial charge in [-0.3, -0.25) is 14.5 Å². The third-order valence-corrected chi connectivity index (χ3v) is 5.27. The molecule has 2 amide bonds. The van der Waals surface area contributed by atoms with Crippen molar-refractivity contribution >= 4 is 23.1 Å². The van der Waals surface area contributed by atoms with Gasteiger partial charge in [0, 0.05) is 12.2 Å². The van der Waals surface area contributed by atoms with Gasteiger partial charge in [-0.1, -0.05) is 24.3 Å². The molecule has 0 saturated heterocycles. The lowest BCUT2D eigenvalue weighted by Crippen LogP contribution is -2.34. The summed E-state index contributed by atoms with van der Waals surface area (Å²) in [7, 11) is 0. The number of nitrogens with one attached hydrogen (secondary N) is 1. The van der Waals surface area contributed by atoms with Crippen LogP contribution in [0.2, 0.25) is 0 Å². The zero-order valence-corrected chi connectivity index (χ0v) is 18.0. The number of benzene rings is 3. The van der Waals surface area contributed by atoms with Gasteiger partial charge in [-0.05, 0) is 73.0 Å². The van der Waals surface area contributed by atoms with Gasteiger partial charge in [0.25, 0.3) is 11.8 Å². The van der Waals surface area contributed by atoms with Crippen molar-refractivity contribution in [3.8, 4) is 5.75 Å². The van der Waals surface area contributed by atoms with Crippen molar-refractivity contribution in [1.29, 1.82) is 0 Å². The van der Waals surface area contributed by atoms with E-state index < -0.39 is 17.6 Å². The largest absolute Gasteiger partial charge is 0.494 e. The van der Waals surface area contributed by atoms with Crippen LogP contribution < -0.4 is 10.1 Å². The molecule has 0 spiro atoms. The van der Waals surface area contributed by atoms with Gasteiger partial charge in [0.15, 0.2) is 0 Å². The number of anilines is 1. The summed E-state index contributed by atoms with van der Waals surface area (Å²) in [5, 5.41) is 3.06. The molecule has 3 aromatic rings. The lowest BCUT2D eigenvalue weighted by atomic mass is 10.0. The SMILES string of the molecule is CCOc1ccc(NC2=C(c3ccc(F)cc3)C(=O)N(CCc3ccc(F)cc3)C2=O)cc1. The molecule has 33 heavy (non-hydrogen) atoms. The third-order valence-electron chi connectivity index (χ3n) is 5.27. The van der Waals surface area contributed by atoms with Crippen molar-refractivity contribution in [3.05, 3.63) is 101 Å². The Balaban J connectivity index is 1.62. The fourth-order valence-corrected chi connectivity index (χ4v) is 3.62. The minimum absolute atomic E-state index is 0.120. The van der Waals surface area contributed by atoms with Crippen LogP contribution in [0.5, 0.6) is 5.75 Å². The second kappa shape index (κ2) is 9.65. The minimum atomic E-state index is -0.477. The number of carbonyl (C=O) groups excluding carboxylic acids is 2. The van der Waals surface area contributed by atoms with E-state index in [9.17, 15) is 18.4 Å². The molecule has 1 N–H and O–H groups in total. The second-order valence-electron chi connectivity index (χ2n) is 7.48. The maximum absolute atomic E-state index is 13.5. The number of imide groups is 1. The molecule has 4 rings (SSSR count). The summed E-state index contributed by atoms with van der Waals surface area (Å²) in [4.78, 5) is 27.6. The van der Waals surface area contributed by atoms with Gasteiger partial charge >= 0.3 is 0 Å². The highest BCUT2D eigenvalue weighted by Gasteiger charge is 2.39. The predicted molar refractivity (Wildman–Crippen MR) is 121 cm³/mol. The van der Waals surface area contributed by atoms with Crippen LogP contribution in [0.4, 0.5) is 14.5 Å². The maximum atomic E-state index is 13.5. The summed E-state index contributed by atoms with van der Waals surface area (Å²) < 4.78 is 32.1. The van der Waals surface area contributed by atoms with Crippen LogP contribution in [-0.2, 0) is 16.0 Å². The molecule has 0 aliphatic carbocycles. The van der Waals surface area contributed by atoms with Gasteiger partial charge in [0.05, 0.1) is 12.2 Å². The van der Waals surface area contributed by atoms with Gasteiger partial charge in [-0.25, -0.2) is 8.78 Å². The first-order chi connectivity index (χ1) is 16.0. The van der Waals surface area contributed by atoms with E-state index in [1.807, 2.05) is 6.92 Å². The van der Waals surface area contributed by atoms with Crippen LogP contribution in [0.25, 0.3) is 5.57 Å². The molecule has 1 aliphatic heterocycles. The van der Waals surface area contributed by atoms with Gasteiger partial charge < -0.3 is 10.1 Å². The van der Waals surface area contributed by atoms with E-state index in [1.165, 1.54) is 36.4 Å². The average Bonchev–Trinajstić information content (AvgIpc) is 3.04. The van der Waals surface area contributed by atoms with Crippen LogP contribution in [-0.4, -0.2) is 29.9 Å². The predicted octanol–water partition coefficient (Wildman–Crippen LogP) is 4.80. The lowest BCUT2D eigenvalue weighted by Gasteiger charge is -2.15. The van der Waals surface area contributed by atoms with E-state index in [1.54, 1.807) is 36.4 Å². The molecule has 168 valence electrons. The Morgan fingerprint density at radius 2 is 1.42 bits per heavy atom. The van der Waals surface area contributed by atoms with E-state index in [4.69, 9.17) is 4.74 Å². The van der Waals surface area contributed by atoms with Gasteiger partial charge in [0.1, 0.15) is 23.1 Å². The number of hydrogen-bond acceptors (Lipinski definition) is 4. The molecule has 0 atom stereocenters. The molecule has 0 aromatic heterocycles. The first-order valence-electron chi connectivity index (χ1n) is 10.6. The molecule has 0 radical (unpaired) electrons. The molecule has 3 aromatic carbocycles. The van der Waals surface area contributed by atoms with Crippen LogP contribution in [0.1, 0.15) is 18.1 Å². The zero-order chi connectivity index (χ0) is 23.4. The fourth-order valence-electron chi connectivity index (χ4n) is 3.62. The highest BCUT2D eigenvalue weighted by Crippen LogP contribution is 2.31. The zero-order valence-electron chi connectivity index (χ0n) is 18.0. The molecular formula is C26H22F2N2O3. The molecule has 5 nitrogen and oxygen atoms in total. The first-order valence-corrected chi connectivity index (χ1v) is 10.6. The highest BCUT2D eigenvalue weighted by atomic mass is 19.1. The van der Waals surface area contributed by atoms with Crippen LogP contribution in [0.15, 0.2) is 78.5 Å². The summed E-state index contributed by atoms with van der Waals surface area (Å²) in [5.41, 5.74) is 2.14. The fraction of sp³-hybridized carbons (Fsp3) is 0.154. The molecule has 0 bridgehead atoms. The summed E-state index contributed by atoms with van der Waals surface area (Å²) in [6.07, 6.45) is 0.380. The number of ether oxygens (including phenoxy) is 1. The first kappa shape index (κ1) is 22.2. The molecule has 7 heteroatoms. The molecule has 0 unspecified atom stereocenters. The smallest absolute Gasteiger partial charge is 0.278 e. The Kier molecular flexibility index (Phi) is 6.49. The Morgan fingerprint density at radius 1 is 0.818 bits per heavy atom. The number of halogens is 2. The van der Waals surface area contributed by atoms with E-state index in [0.717, 1.165) is 10.5 Å². The number of hydrogen-bond donors (Lipinski definition) is 1. The monoisotopic (exact) mass is 448 g/mol. The summed E-state index contributed by atoms with van der Waals surface area (Å²) in [6.45, 7) is 2.54. The lowest BCUT2D eigenvalue weighted by molar-refractivity contribution is -0.136. The van der Waals surface area contributed by atoms with Gasteiger partial charge in [-0.15, -0.1) is 0 Å². The van der Waals surface area contributed by atoms with Crippen molar-refractivity contribution in [3.63, 3.8) is 0 Å². The van der Waals surface area contributed by atoms with Crippen molar-refractivity contribution in [1.82, 2.24) is 4.90 Å². The Bertz CT molecular complexity index is 1190. The van der Waals surface area contributed by atoms with Gasteiger partial charge in [-0.2, -0.15) is 0 Å². The Morgan fingerprint density at radius 3 is 2.03 bits per heavy atom. The standard InChI is InChI=1S/C26H22F2N2O3/c1-2-33-22-13-11-21(12-14-22)29-24-23(18-5-9-20(28)10-6-18)25(31)30(26(24)32)16-15-17-3-7-19(27)8-4-17/h3-14,29H,2,15-16H2,1H3.